The molecule has 2 aromatic heterocycles. The Morgan fingerprint density at radius 1 is 0.929 bits per heavy atom. The molecule has 2 aromatic rings. The van der Waals surface area contributed by atoms with Crippen molar-refractivity contribution in [2.75, 3.05) is 62.4 Å². The number of pyridine rings is 1. The number of ether oxygens (including phenoxy) is 2. The van der Waals surface area contributed by atoms with E-state index < -0.39 is 0 Å². The van der Waals surface area contributed by atoms with Crippen LogP contribution in [0.5, 0.6) is 0 Å². The third-order valence-electron chi connectivity index (χ3n) is 4.82. The van der Waals surface area contributed by atoms with Crippen LogP contribution in [0.3, 0.4) is 0 Å². The van der Waals surface area contributed by atoms with Crippen molar-refractivity contribution < 1.29 is 14.3 Å². The van der Waals surface area contributed by atoms with Crippen molar-refractivity contribution in [3.05, 3.63) is 42.0 Å². The topological polar surface area (TPSA) is 92.7 Å². The maximum absolute atomic E-state index is 12.6. The van der Waals surface area contributed by atoms with Crippen LogP contribution in [0.4, 0.5) is 11.6 Å². The standard InChI is InChI=1S/C19H24N6O3/c26-19(16-12-18(23-14-22-16)25-5-9-28-10-6-25)21-13-15-1-2-20-17(11-15)24-3-7-27-8-4-24/h1-2,11-12,14H,3-10,13H2,(H,21,26). The Labute approximate surface area is 163 Å². The number of aromatic nitrogens is 3. The second-order valence-electron chi connectivity index (χ2n) is 6.67. The molecule has 4 heterocycles. The summed E-state index contributed by atoms with van der Waals surface area (Å²) in [6, 6.07) is 5.64. The van der Waals surface area contributed by atoms with E-state index in [-0.39, 0.29) is 5.91 Å². The predicted molar refractivity (Wildman–Crippen MR) is 104 cm³/mol. The summed E-state index contributed by atoms with van der Waals surface area (Å²) in [5.74, 6) is 1.44. The lowest BCUT2D eigenvalue weighted by molar-refractivity contribution is 0.0945. The van der Waals surface area contributed by atoms with Gasteiger partial charge in [0.15, 0.2) is 0 Å². The van der Waals surface area contributed by atoms with Gasteiger partial charge in [-0.3, -0.25) is 4.79 Å². The minimum absolute atomic E-state index is 0.221. The van der Waals surface area contributed by atoms with Crippen molar-refractivity contribution >= 4 is 17.5 Å². The monoisotopic (exact) mass is 384 g/mol. The van der Waals surface area contributed by atoms with Gasteiger partial charge in [0.25, 0.3) is 5.91 Å². The third-order valence-corrected chi connectivity index (χ3v) is 4.82. The molecule has 0 aromatic carbocycles. The number of carbonyl (C=O) groups is 1. The van der Waals surface area contributed by atoms with E-state index in [9.17, 15) is 4.79 Å². The van der Waals surface area contributed by atoms with Gasteiger partial charge < -0.3 is 24.6 Å². The largest absolute Gasteiger partial charge is 0.378 e. The number of hydrogen-bond acceptors (Lipinski definition) is 8. The molecule has 2 fully saturated rings. The SMILES string of the molecule is O=C(NCc1ccnc(N2CCOCC2)c1)c1cc(N2CCOCC2)ncn1. The minimum atomic E-state index is -0.221. The molecule has 2 aliphatic heterocycles. The minimum Gasteiger partial charge on any atom is -0.378 e. The first-order valence-electron chi connectivity index (χ1n) is 9.50. The number of rotatable bonds is 5. The summed E-state index contributed by atoms with van der Waals surface area (Å²) in [5.41, 5.74) is 1.35. The third kappa shape index (κ3) is 4.55. The normalized spacial score (nSPS) is 17.4. The average Bonchev–Trinajstić information content (AvgIpc) is 2.79. The number of hydrogen-bond donors (Lipinski definition) is 1. The molecule has 1 amide bonds. The molecule has 0 aliphatic carbocycles. The molecule has 0 unspecified atom stereocenters. The van der Waals surface area contributed by atoms with Crippen molar-refractivity contribution in [2.45, 2.75) is 6.54 Å². The fourth-order valence-corrected chi connectivity index (χ4v) is 3.25. The van der Waals surface area contributed by atoms with Gasteiger partial charge in [-0.25, -0.2) is 15.0 Å². The molecule has 0 atom stereocenters. The summed E-state index contributed by atoms with van der Waals surface area (Å²) in [6.45, 7) is 6.35. The van der Waals surface area contributed by atoms with Crippen molar-refractivity contribution in [3.63, 3.8) is 0 Å². The molecule has 148 valence electrons. The van der Waals surface area contributed by atoms with E-state index >= 15 is 0 Å². The van der Waals surface area contributed by atoms with Crippen LogP contribution in [0, 0.1) is 0 Å². The van der Waals surface area contributed by atoms with Crippen molar-refractivity contribution in [2.24, 2.45) is 0 Å². The van der Waals surface area contributed by atoms with Gasteiger partial charge in [-0.1, -0.05) is 0 Å². The number of morpholine rings is 2. The first-order chi connectivity index (χ1) is 13.8. The summed E-state index contributed by atoms with van der Waals surface area (Å²) in [7, 11) is 0. The van der Waals surface area contributed by atoms with Gasteiger partial charge in [-0.2, -0.15) is 0 Å². The molecule has 28 heavy (non-hydrogen) atoms. The molecule has 2 saturated heterocycles. The van der Waals surface area contributed by atoms with Crippen molar-refractivity contribution in [3.8, 4) is 0 Å². The summed E-state index contributed by atoms with van der Waals surface area (Å²) < 4.78 is 10.7. The fraction of sp³-hybridized carbons (Fsp3) is 0.474. The lowest BCUT2D eigenvalue weighted by atomic mass is 10.2. The second-order valence-corrected chi connectivity index (χ2v) is 6.67. The molecule has 9 heteroatoms. The van der Waals surface area contributed by atoms with Gasteiger partial charge >= 0.3 is 0 Å². The van der Waals surface area contributed by atoms with E-state index in [1.165, 1.54) is 6.33 Å². The van der Waals surface area contributed by atoms with Crippen LogP contribution in [-0.2, 0) is 16.0 Å². The summed E-state index contributed by atoms with van der Waals surface area (Å²) in [5, 5.41) is 2.93. The Hall–Kier alpha value is -2.78. The van der Waals surface area contributed by atoms with Crippen LogP contribution in [0.2, 0.25) is 0 Å². The Kier molecular flexibility index (Phi) is 5.93. The molecule has 0 spiro atoms. The van der Waals surface area contributed by atoms with Crippen LogP contribution in [0.15, 0.2) is 30.7 Å². The number of nitrogens with zero attached hydrogens (tertiary/aromatic N) is 5. The van der Waals surface area contributed by atoms with Gasteiger partial charge in [0.2, 0.25) is 0 Å². The number of carbonyl (C=O) groups excluding carboxylic acids is 1. The molecule has 9 nitrogen and oxygen atoms in total. The van der Waals surface area contributed by atoms with Crippen molar-refractivity contribution in [1.82, 2.24) is 20.3 Å². The van der Waals surface area contributed by atoms with Gasteiger partial charge in [0.05, 0.1) is 26.4 Å². The summed E-state index contributed by atoms with van der Waals surface area (Å²) in [6.07, 6.45) is 3.20. The van der Waals surface area contributed by atoms with Gasteiger partial charge in [-0.15, -0.1) is 0 Å². The zero-order chi connectivity index (χ0) is 19.2. The van der Waals surface area contributed by atoms with E-state index in [1.807, 2.05) is 12.1 Å². The Balaban J connectivity index is 1.38. The maximum Gasteiger partial charge on any atom is 0.270 e. The van der Waals surface area contributed by atoms with E-state index in [4.69, 9.17) is 9.47 Å². The fourth-order valence-electron chi connectivity index (χ4n) is 3.25. The summed E-state index contributed by atoms with van der Waals surface area (Å²) in [4.78, 5) is 29.7. The Bertz CT molecular complexity index is 806. The Morgan fingerprint density at radius 3 is 2.25 bits per heavy atom. The highest BCUT2D eigenvalue weighted by molar-refractivity contribution is 5.92. The smallest absolute Gasteiger partial charge is 0.270 e. The number of nitrogens with one attached hydrogen (secondary N) is 1. The highest BCUT2D eigenvalue weighted by Gasteiger charge is 2.16. The highest BCUT2D eigenvalue weighted by atomic mass is 16.5. The molecule has 0 radical (unpaired) electrons. The maximum atomic E-state index is 12.6. The lowest BCUT2D eigenvalue weighted by Crippen LogP contribution is -2.37. The molecular weight excluding hydrogens is 360 g/mol. The quantitative estimate of drug-likeness (QED) is 0.796. The molecule has 1 N–H and O–H groups in total. The first-order valence-corrected chi connectivity index (χ1v) is 9.50. The van der Waals surface area contributed by atoms with Crippen LogP contribution in [0.1, 0.15) is 16.1 Å². The average molecular weight is 384 g/mol. The van der Waals surface area contributed by atoms with Crippen LogP contribution < -0.4 is 15.1 Å². The van der Waals surface area contributed by atoms with Crippen LogP contribution in [0.25, 0.3) is 0 Å². The zero-order valence-corrected chi connectivity index (χ0v) is 15.7. The van der Waals surface area contributed by atoms with E-state index in [0.717, 1.165) is 43.4 Å². The molecule has 2 aliphatic rings. The van der Waals surface area contributed by atoms with Gasteiger partial charge in [0, 0.05) is 45.0 Å². The number of amides is 1. The number of anilines is 2. The van der Waals surface area contributed by atoms with Gasteiger partial charge in [0.1, 0.15) is 23.7 Å². The molecule has 0 bridgehead atoms. The van der Waals surface area contributed by atoms with Gasteiger partial charge in [-0.05, 0) is 17.7 Å². The first kappa shape index (κ1) is 18.6. The van der Waals surface area contributed by atoms with Crippen molar-refractivity contribution in [1.29, 1.82) is 0 Å². The molecular formula is C19H24N6O3. The van der Waals surface area contributed by atoms with E-state index in [2.05, 4.69) is 30.1 Å². The highest BCUT2D eigenvalue weighted by Crippen LogP contribution is 2.15. The Morgan fingerprint density at radius 2 is 1.57 bits per heavy atom. The lowest BCUT2D eigenvalue weighted by Gasteiger charge is -2.28. The second kappa shape index (κ2) is 8.94. The predicted octanol–water partition coefficient (Wildman–Crippen LogP) is 0.475. The van der Waals surface area contributed by atoms with E-state index in [1.54, 1.807) is 12.3 Å². The van der Waals surface area contributed by atoms with Crippen LogP contribution in [-0.4, -0.2) is 73.5 Å². The molecule has 0 saturated carbocycles. The summed E-state index contributed by atoms with van der Waals surface area (Å²) >= 11 is 0. The zero-order valence-electron chi connectivity index (χ0n) is 15.7. The molecule has 4 rings (SSSR count). The van der Waals surface area contributed by atoms with E-state index in [0.29, 0.717) is 38.7 Å². The van der Waals surface area contributed by atoms with Crippen LogP contribution >= 0.6 is 0 Å².